The van der Waals surface area contributed by atoms with Crippen LogP contribution in [0.3, 0.4) is 0 Å². The number of halogens is 1. The number of hydrogen-bond acceptors (Lipinski definition) is 3. The minimum absolute atomic E-state index is 0.155. The predicted octanol–water partition coefficient (Wildman–Crippen LogP) is 1.75. The summed E-state index contributed by atoms with van der Waals surface area (Å²) in [6, 6.07) is 4.41. The summed E-state index contributed by atoms with van der Waals surface area (Å²) in [4.78, 5) is 14.9. The van der Waals surface area contributed by atoms with Crippen molar-refractivity contribution in [3.63, 3.8) is 0 Å². The topological polar surface area (TPSA) is 59.8 Å². The van der Waals surface area contributed by atoms with Gasteiger partial charge in [0.2, 0.25) is 5.91 Å². The van der Waals surface area contributed by atoms with Crippen LogP contribution in [0.15, 0.2) is 30.9 Å². The molecule has 1 N–H and O–H groups in total. The van der Waals surface area contributed by atoms with Crippen LogP contribution in [0.25, 0.3) is 5.69 Å². The number of amides is 1. The van der Waals surface area contributed by atoms with E-state index in [2.05, 4.69) is 15.4 Å². The molecule has 17 heavy (non-hydrogen) atoms. The monoisotopic (exact) mass is 234 g/mol. The van der Waals surface area contributed by atoms with E-state index in [1.807, 2.05) is 0 Å². The number of anilines is 1. The Labute approximate surface area is 97.3 Å². The lowest BCUT2D eigenvalue weighted by atomic mass is 10.2. The van der Waals surface area contributed by atoms with Crippen LogP contribution in [0, 0.1) is 5.82 Å². The summed E-state index contributed by atoms with van der Waals surface area (Å²) in [6.45, 7) is 1.73. The van der Waals surface area contributed by atoms with E-state index in [-0.39, 0.29) is 11.6 Å². The maximum absolute atomic E-state index is 13.7. The van der Waals surface area contributed by atoms with E-state index in [4.69, 9.17) is 0 Å². The molecule has 0 aliphatic carbocycles. The molecule has 0 radical (unpaired) electrons. The molecule has 1 amide bonds. The van der Waals surface area contributed by atoms with Crippen molar-refractivity contribution in [2.75, 3.05) is 5.32 Å². The molecule has 1 aromatic heterocycles. The van der Waals surface area contributed by atoms with Gasteiger partial charge in [-0.3, -0.25) is 4.79 Å². The van der Waals surface area contributed by atoms with E-state index in [0.717, 1.165) is 0 Å². The van der Waals surface area contributed by atoms with E-state index in [0.29, 0.717) is 12.1 Å². The summed E-state index contributed by atoms with van der Waals surface area (Å²) in [5.41, 5.74) is 0.718. The minimum atomic E-state index is -0.468. The molecule has 2 aromatic rings. The quantitative estimate of drug-likeness (QED) is 0.880. The van der Waals surface area contributed by atoms with Crippen molar-refractivity contribution in [3.8, 4) is 5.69 Å². The van der Waals surface area contributed by atoms with Gasteiger partial charge in [-0.1, -0.05) is 6.92 Å². The van der Waals surface area contributed by atoms with Crippen LogP contribution in [0.4, 0.5) is 10.1 Å². The highest BCUT2D eigenvalue weighted by Crippen LogP contribution is 2.17. The van der Waals surface area contributed by atoms with Gasteiger partial charge < -0.3 is 5.32 Å². The van der Waals surface area contributed by atoms with Gasteiger partial charge in [0, 0.05) is 12.1 Å². The Morgan fingerprint density at radius 2 is 2.35 bits per heavy atom. The van der Waals surface area contributed by atoms with Gasteiger partial charge in [-0.05, 0) is 18.2 Å². The van der Waals surface area contributed by atoms with E-state index in [1.54, 1.807) is 13.0 Å². The van der Waals surface area contributed by atoms with E-state index in [1.165, 1.54) is 29.5 Å². The van der Waals surface area contributed by atoms with Crippen molar-refractivity contribution in [2.24, 2.45) is 0 Å². The van der Waals surface area contributed by atoms with Crippen molar-refractivity contribution < 1.29 is 9.18 Å². The Hall–Kier alpha value is -2.24. The summed E-state index contributed by atoms with van der Waals surface area (Å²) in [7, 11) is 0. The van der Waals surface area contributed by atoms with Gasteiger partial charge in [0.1, 0.15) is 18.3 Å². The number of benzene rings is 1. The summed E-state index contributed by atoms with van der Waals surface area (Å²) >= 11 is 0. The summed E-state index contributed by atoms with van der Waals surface area (Å²) in [5.74, 6) is -0.623. The first kappa shape index (κ1) is 11.3. The smallest absolute Gasteiger partial charge is 0.224 e. The fraction of sp³-hybridized carbons (Fsp3) is 0.182. The molecular weight excluding hydrogens is 223 g/mol. The third kappa shape index (κ3) is 2.47. The summed E-state index contributed by atoms with van der Waals surface area (Å²) in [5, 5.41) is 6.41. The van der Waals surface area contributed by atoms with Crippen molar-refractivity contribution in [2.45, 2.75) is 13.3 Å². The number of aromatic nitrogens is 3. The summed E-state index contributed by atoms with van der Waals surface area (Å²) < 4.78 is 15.0. The van der Waals surface area contributed by atoms with Crippen LogP contribution in [-0.2, 0) is 4.79 Å². The number of carbonyl (C=O) groups is 1. The normalized spacial score (nSPS) is 10.2. The average Bonchev–Trinajstić information content (AvgIpc) is 2.82. The van der Waals surface area contributed by atoms with E-state index < -0.39 is 5.82 Å². The van der Waals surface area contributed by atoms with Crippen LogP contribution in [-0.4, -0.2) is 20.7 Å². The highest BCUT2D eigenvalue weighted by Gasteiger charge is 2.07. The fourth-order valence-corrected chi connectivity index (χ4v) is 1.35. The van der Waals surface area contributed by atoms with Gasteiger partial charge in [0.15, 0.2) is 5.82 Å². The van der Waals surface area contributed by atoms with E-state index >= 15 is 0 Å². The third-order valence-corrected chi connectivity index (χ3v) is 2.22. The molecule has 0 saturated carbocycles. The minimum Gasteiger partial charge on any atom is -0.326 e. The van der Waals surface area contributed by atoms with Crippen LogP contribution in [0.1, 0.15) is 13.3 Å². The van der Waals surface area contributed by atoms with Crippen LogP contribution in [0.2, 0.25) is 0 Å². The van der Waals surface area contributed by atoms with Gasteiger partial charge in [-0.2, -0.15) is 5.10 Å². The average molecular weight is 234 g/mol. The highest BCUT2D eigenvalue weighted by molar-refractivity contribution is 5.90. The highest BCUT2D eigenvalue weighted by atomic mass is 19.1. The molecule has 1 heterocycles. The lowest BCUT2D eigenvalue weighted by molar-refractivity contribution is -0.115. The standard InChI is InChI=1S/C11H11FN4O/c1-2-11(17)15-8-3-4-10(9(12)5-8)16-7-13-6-14-16/h3-7H,2H2,1H3,(H,15,17). The Bertz CT molecular complexity index is 524. The fourth-order valence-electron chi connectivity index (χ4n) is 1.35. The van der Waals surface area contributed by atoms with Gasteiger partial charge in [-0.25, -0.2) is 14.1 Å². The molecule has 1 aromatic carbocycles. The van der Waals surface area contributed by atoms with Crippen molar-refractivity contribution >= 4 is 11.6 Å². The second-order valence-corrected chi connectivity index (χ2v) is 3.41. The molecule has 88 valence electrons. The largest absolute Gasteiger partial charge is 0.326 e. The third-order valence-electron chi connectivity index (χ3n) is 2.22. The molecular formula is C11H11FN4O. The molecule has 5 nitrogen and oxygen atoms in total. The van der Waals surface area contributed by atoms with Gasteiger partial charge in [0.05, 0.1) is 0 Å². The van der Waals surface area contributed by atoms with Crippen molar-refractivity contribution in [3.05, 3.63) is 36.7 Å². The molecule has 0 bridgehead atoms. The van der Waals surface area contributed by atoms with Crippen LogP contribution in [0.5, 0.6) is 0 Å². The molecule has 0 saturated heterocycles. The number of nitrogens with zero attached hydrogens (tertiary/aromatic N) is 3. The van der Waals surface area contributed by atoms with Gasteiger partial charge in [-0.15, -0.1) is 0 Å². The zero-order chi connectivity index (χ0) is 12.3. The molecule has 0 aliphatic heterocycles. The second-order valence-electron chi connectivity index (χ2n) is 3.41. The SMILES string of the molecule is CCC(=O)Nc1ccc(-n2cncn2)c(F)c1. The molecule has 0 aliphatic rings. The first-order chi connectivity index (χ1) is 8.20. The molecule has 0 atom stereocenters. The second kappa shape index (κ2) is 4.73. The Morgan fingerprint density at radius 1 is 1.53 bits per heavy atom. The summed E-state index contributed by atoms with van der Waals surface area (Å²) in [6.07, 6.45) is 3.08. The molecule has 0 fully saturated rings. The lowest BCUT2D eigenvalue weighted by Crippen LogP contribution is -2.10. The Kier molecular flexibility index (Phi) is 3.13. The predicted molar refractivity (Wildman–Crippen MR) is 60.2 cm³/mol. The zero-order valence-corrected chi connectivity index (χ0v) is 9.22. The molecule has 0 unspecified atom stereocenters. The van der Waals surface area contributed by atoms with Gasteiger partial charge in [0.25, 0.3) is 0 Å². The van der Waals surface area contributed by atoms with Crippen molar-refractivity contribution in [1.82, 2.24) is 14.8 Å². The number of hydrogen-bond donors (Lipinski definition) is 1. The van der Waals surface area contributed by atoms with E-state index in [9.17, 15) is 9.18 Å². The first-order valence-corrected chi connectivity index (χ1v) is 5.15. The first-order valence-electron chi connectivity index (χ1n) is 5.15. The van der Waals surface area contributed by atoms with Crippen LogP contribution >= 0.6 is 0 Å². The maximum Gasteiger partial charge on any atom is 0.224 e. The number of nitrogens with one attached hydrogen (secondary N) is 1. The maximum atomic E-state index is 13.7. The number of carbonyl (C=O) groups excluding carboxylic acids is 1. The molecule has 0 spiro atoms. The van der Waals surface area contributed by atoms with Crippen LogP contribution < -0.4 is 5.32 Å². The van der Waals surface area contributed by atoms with Gasteiger partial charge >= 0.3 is 0 Å². The number of rotatable bonds is 3. The zero-order valence-electron chi connectivity index (χ0n) is 9.22. The lowest BCUT2D eigenvalue weighted by Gasteiger charge is -2.06. The van der Waals surface area contributed by atoms with Crippen molar-refractivity contribution in [1.29, 1.82) is 0 Å². The Balaban J connectivity index is 2.26. The molecule has 6 heteroatoms. The Morgan fingerprint density at radius 3 is 2.94 bits per heavy atom. The molecule has 2 rings (SSSR count).